The number of thiazole rings is 1. The lowest BCUT2D eigenvalue weighted by Gasteiger charge is -2.34. The third kappa shape index (κ3) is 5.89. The van der Waals surface area contributed by atoms with Crippen LogP contribution in [0.2, 0.25) is 0 Å². The summed E-state index contributed by atoms with van der Waals surface area (Å²) in [6.07, 6.45) is 1.88. The van der Waals surface area contributed by atoms with E-state index in [1.54, 1.807) is 18.2 Å². The van der Waals surface area contributed by atoms with Gasteiger partial charge in [0.25, 0.3) is 0 Å². The first kappa shape index (κ1) is 23.6. The first-order valence-electron chi connectivity index (χ1n) is 11.1. The van der Waals surface area contributed by atoms with Crippen molar-refractivity contribution in [2.24, 2.45) is 5.14 Å². The molecule has 3 heterocycles. The predicted molar refractivity (Wildman–Crippen MR) is 136 cm³/mol. The van der Waals surface area contributed by atoms with E-state index < -0.39 is 11.0 Å². The number of piperazine rings is 1. The number of nitrogens with two attached hydrogens (primary N) is 1. The summed E-state index contributed by atoms with van der Waals surface area (Å²) in [7, 11) is -1.58. The highest BCUT2D eigenvalue weighted by Gasteiger charge is 2.17. The zero-order valence-electron chi connectivity index (χ0n) is 19.2. The predicted octanol–water partition coefficient (Wildman–Crippen LogP) is 3.86. The van der Waals surface area contributed by atoms with Crippen LogP contribution >= 0.6 is 11.3 Å². The minimum atomic E-state index is -1.58. The van der Waals surface area contributed by atoms with Crippen LogP contribution in [0.4, 0.5) is 16.6 Å². The van der Waals surface area contributed by atoms with E-state index >= 15 is 0 Å². The highest BCUT2D eigenvalue weighted by atomic mass is 32.2. The Balaban J connectivity index is 1.48. The van der Waals surface area contributed by atoms with Gasteiger partial charge in [-0.15, -0.1) is 11.3 Å². The number of anilines is 3. The Hall–Kier alpha value is -2.53. The Morgan fingerprint density at radius 3 is 2.64 bits per heavy atom. The molecule has 1 saturated heterocycles. The molecule has 0 aliphatic carbocycles. The van der Waals surface area contributed by atoms with E-state index in [9.17, 15) is 4.21 Å². The van der Waals surface area contributed by atoms with E-state index in [1.807, 2.05) is 25.4 Å². The molecular weight excluding hydrogens is 456 g/mol. The van der Waals surface area contributed by atoms with Gasteiger partial charge in [-0.1, -0.05) is 6.92 Å². The molecule has 1 aliphatic heterocycles. The van der Waals surface area contributed by atoms with Crippen LogP contribution in [0, 0.1) is 0 Å². The number of rotatable bonds is 8. The Bertz CT molecular complexity index is 1090. The molecule has 1 fully saturated rings. The number of likely N-dealkylation sites (N-methyl/N-ethyl adjacent to an activating group) is 1. The number of nitrogens with zero attached hydrogens (tertiary/aromatic N) is 4. The number of hydrogen-bond donors (Lipinski definition) is 2. The number of hydrogen-bond acceptors (Lipinski definition) is 8. The molecule has 0 saturated carbocycles. The van der Waals surface area contributed by atoms with Gasteiger partial charge in [0.05, 0.1) is 22.4 Å². The third-order valence-electron chi connectivity index (χ3n) is 5.48. The molecule has 4 rings (SSSR count). The van der Waals surface area contributed by atoms with E-state index in [2.05, 4.69) is 39.2 Å². The maximum Gasteiger partial charge on any atom is 0.187 e. The Kier molecular flexibility index (Phi) is 7.59. The molecule has 3 N–H and O–H groups in total. The van der Waals surface area contributed by atoms with E-state index in [4.69, 9.17) is 14.9 Å². The van der Waals surface area contributed by atoms with Gasteiger partial charge in [-0.05, 0) is 50.7 Å². The lowest BCUT2D eigenvalue weighted by molar-refractivity contribution is 0.243. The Morgan fingerprint density at radius 2 is 2.00 bits per heavy atom. The quantitative estimate of drug-likeness (QED) is 0.499. The number of aromatic nitrogens is 2. The van der Waals surface area contributed by atoms with Crippen molar-refractivity contribution in [3.8, 4) is 17.0 Å². The van der Waals surface area contributed by atoms with Crippen molar-refractivity contribution in [2.45, 2.75) is 31.8 Å². The topological polar surface area (TPSA) is 96.6 Å². The smallest absolute Gasteiger partial charge is 0.187 e. The van der Waals surface area contributed by atoms with Crippen molar-refractivity contribution < 1.29 is 8.95 Å². The number of nitrogens with one attached hydrogen (secondary N) is 1. The molecule has 0 bridgehead atoms. The number of pyridine rings is 1. The molecule has 1 unspecified atom stereocenters. The Morgan fingerprint density at radius 1 is 1.21 bits per heavy atom. The molecule has 2 aromatic heterocycles. The molecule has 1 atom stereocenters. The molecular formula is C23H30N6O2S2. The van der Waals surface area contributed by atoms with Crippen molar-refractivity contribution in [3.05, 3.63) is 41.9 Å². The monoisotopic (exact) mass is 486 g/mol. The molecule has 0 spiro atoms. The van der Waals surface area contributed by atoms with Gasteiger partial charge in [-0.2, -0.15) is 0 Å². The largest absolute Gasteiger partial charge is 0.489 e. The van der Waals surface area contributed by atoms with Gasteiger partial charge < -0.3 is 19.9 Å². The molecule has 8 nitrogen and oxygen atoms in total. The zero-order valence-corrected chi connectivity index (χ0v) is 20.8. The molecule has 176 valence electrons. The van der Waals surface area contributed by atoms with E-state index in [0.717, 1.165) is 49.8 Å². The standard InChI is InChI=1S/C23H30N6O2S2/c1-4-28-9-11-29(12-10-28)22-8-5-17(14-25-22)20-15-32-23(27-20)26-19-13-18(33(24)30)6-7-21(19)31-16(2)3/h5-8,13-16H,4,9-12,24H2,1-3H3,(H,26,27). The normalized spacial score (nSPS) is 15.6. The van der Waals surface area contributed by atoms with Crippen molar-refractivity contribution in [2.75, 3.05) is 42.9 Å². The van der Waals surface area contributed by atoms with Crippen LogP contribution in [0.3, 0.4) is 0 Å². The molecule has 0 amide bonds. The fourth-order valence-electron chi connectivity index (χ4n) is 3.69. The fourth-order valence-corrected chi connectivity index (χ4v) is 4.85. The summed E-state index contributed by atoms with van der Waals surface area (Å²) in [5, 5.41) is 11.6. The van der Waals surface area contributed by atoms with Gasteiger partial charge in [0.2, 0.25) is 0 Å². The second-order valence-electron chi connectivity index (χ2n) is 8.11. The van der Waals surface area contributed by atoms with Gasteiger partial charge in [-0.25, -0.2) is 19.3 Å². The SMILES string of the molecule is CCN1CCN(c2ccc(-c3csc(Nc4cc(S(N)=O)ccc4OC(C)C)n3)cn2)CC1. The summed E-state index contributed by atoms with van der Waals surface area (Å²) >= 11 is 1.49. The second-order valence-corrected chi connectivity index (χ2v) is 10.0. The first-order chi connectivity index (χ1) is 15.9. The molecule has 1 aliphatic rings. The van der Waals surface area contributed by atoms with Crippen LogP contribution in [-0.2, 0) is 11.0 Å². The average Bonchev–Trinajstić information content (AvgIpc) is 3.28. The van der Waals surface area contributed by atoms with Crippen molar-refractivity contribution >= 4 is 39.0 Å². The number of benzene rings is 1. The van der Waals surface area contributed by atoms with Gasteiger partial charge in [0, 0.05) is 43.3 Å². The first-order valence-corrected chi connectivity index (χ1v) is 13.2. The van der Waals surface area contributed by atoms with Gasteiger partial charge in [-0.3, -0.25) is 0 Å². The van der Waals surface area contributed by atoms with Crippen molar-refractivity contribution in [1.82, 2.24) is 14.9 Å². The third-order valence-corrected chi connectivity index (χ3v) is 6.96. The lowest BCUT2D eigenvalue weighted by atomic mass is 10.2. The highest BCUT2D eigenvalue weighted by molar-refractivity contribution is 7.82. The van der Waals surface area contributed by atoms with Crippen LogP contribution in [0.15, 0.2) is 46.8 Å². The highest BCUT2D eigenvalue weighted by Crippen LogP contribution is 2.33. The summed E-state index contributed by atoms with van der Waals surface area (Å²) < 4.78 is 17.6. The van der Waals surface area contributed by atoms with Crippen molar-refractivity contribution in [1.29, 1.82) is 0 Å². The molecule has 1 aromatic carbocycles. The second kappa shape index (κ2) is 10.6. The summed E-state index contributed by atoms with van der Waals surface area (Å²) in [6, 6.07) is 9.36. The molecule has 10 heteroatoms. The van der Waals surface area contributed by atoms with Crippen LogP contribution in [0.25, 0.3) is 11.3 Å². The van der Waals surface area contributed by atoms with E-state index in [1.165, 1.54) is 11.3 Å². The summed E-state index contributed by atoms with van der Waals surface area (Å²) in [5.41, 5.74) is 2.49. The molecule has 0 radical (unpaired) electrons. The minimum Gasteiger partial charge on any atom is -0.489 e. The fraction of sp³-hybridized carbons (Fsp3) is 0.391. The maximum absolute atomic E-state index is 11.7. The van der Waals surface area contributed by atoms with Crippen LogP contribution in [0.1, 0.15) is 20.8 Å². The lowest BCUT2D eigenvalue weighted by Crippen LogP contribution is -2.46. The number of ether oxygens (including phenoxy) is 1. The minimum absolute atomic E-state index is 0.00108. The Labute approximate surface area is 201 Å². The van der Waals surface area contributed by atoms with Crippen molar-refractivity contribution in [3.63, 3.8) is 0 Å². The zero-order chi connectivity index (χ0) is 23.4. The van der Waals surface area contributed by atoms with Crippen LogP contribution in [0.5, 0.6) is 5.75 Å². The van der Waals surface area contributed by atoms with Gasteiger partial charge >= 0.3 is 0 Å². The van der Waals surface area contributed by atoms with Crippen LogP contribution in [-0.4, -0.2) is 57.9 Å². The summed E-state index contributed by atoms with van der Waals surface area (Å²) in [5.74, 6) is 1.66. The van der Waals surface area contributed by atoms with Crippen LogP contribution < -0.4 is 20.1 Å². The average molecular weight is 487 g/mol. The maximum atomic E-state index is 11.7. The van der Waals surface area contributed by atoms with E-state index in [0.29, 0.717) is 21.5 Å². The van der Waals surface area contributed by atoms with E-state index in [-0.39, 0.29) is 6.10 Å². The van der Waals surface area contributed by atoms with Gasteiger partial charge in [0.1, 0.15) is 22.6 Å². The molecule has 3 aromatic rings. The summed E-state index contributed by atoms with van der Waals surface area (Å²) in [4.78, 5) is 14.7. The molecule has 33 heavy (non-hydrogen) atoms. The summed E-state index contributed by atoms with van der Waals surface area (Å²) in [6.45, 7) is 11.4. The van der Waals surface area contributed by atoms with Gasteiger partial charge in [0.15, 0.2) is 5.13 Å².